The van der Waals surface area contributed by atoms with Crippen LogP contribution in [0.2, 0.25) is 0 Å². The Morgan fingerprint density at radius 1 is 1.26 bits per heavy atom. The Labute approximate surface area is 158 Å². The van der Waals surface area contributed by atoms with E-state index in [1.54, 1.807) is 12.1 Å². The number of anilines is 1. The first-order valence-corrected chi connectivity index (χ1v) is 11.0. The van der Waals surface area contributed by atoms with Crippen molar-refractivity contribution in [2.75, 3.05) is 30.7 Å². The van der Waals surface area contributed by atoms with Gasteiger partial charge in [-0.05, 0) is 44.4 Å². The highest BCUT2D eigenvalue weighted by Crippen LogP contribution is 2.36. The van der Waals surface area contributed by atoms with Gasteiger partial charge in [-0.25, -0.2) is 13.4 Å². The molecule has 0 unspecified atom stereocenters. The van der Waals surface area contributed by atoms with Crippen molar-refractivity contribution in [2.45, 2.75) is 37.8 Å². The van der Waals surface area contributed by atoms with Gasteiger partial charge in [-0.3, -0.25) is 9.62 Å². The second-order valence-corrected chi connectivity index (χ2v) is 8.75. The summed E-state index contributed by atoms with van der Waals surface area (Å²) in [6.45, 7) is 2.64. The number of hydrogen-bond acceptors (Lipinski definition) is 8. The van der Waals surface area contributed by atoms with Gasteiger partial charge in [0, 0.05) is 31.0 Å². The van der Waals surface area contributed by atoms with Crippen LogP contribution in [-0.4, -0.2) is 60.5 Å². The van der Waals surface area contributed by atoms with E-state index >= 15 is 0 Å². The van der Waals surface area contributed by atoms with E-state index in [1.165, 1.54) is 6.20 Å². The lowest BCUT2D eigenvalue weighted by Gasteiger charge is -2.33. The van der Waals surface area contributed by atoms with Crippen LogP contribution in [0.5, 0.6) is 0 Å². The zero-order valence-electron chi connectivity index (χ0n) is 15.2. The first-order chi connectivity index (χ1) is 13.0. The highest BCUT2D eigenvalue weighted by molar-refractivity contribution is 7.92. The summed E-state index contributed by atoms with van der Waals surface area (Å²) < 4.78 is 36.2. The second-order valence-electron chi connectivity index (χ2n) is 7.00. The van der Waals surface area contributed by atoms with Crippen LogP contribution in [0.3, 0.4) is 0 Å². The van der Waals surface area contributed by atoms with Gasteiger partial charge in [0.1, 0.15) is 5.82 Å². The minimum Gasteiger partial charge on any atom is -0.381 e. The molecule has 0 spiro atoms. The van der Waals surface area contributed by atoms with Gasteiger partial charge >= 0.3 is 0 Å². The molecule has 9 nitrogen and oxygen atoms in total. The van der Waals surface area contributed by atoms with Gasteiger partial charge in [-0.1, -0.05) is 5.16 Å². The largest absolute Gasteiger partial charge is 0.381 e. The molecular formula is C17H23N5O4S. The third kappa shape index (κ3) is 4.28. The molecule has 2 aromatic heterocycles. The molecular weight excluding hydrogens is 370 g/mol. The Morgan fingerprint density at radius 2 is 2.07 bits per heavy atom. The summed E-state index contributed by atoms with van der Waals surface area (Å²) in [5.41, 5.74) is 0.654. The number of hydrogen-bond donors (Lipinski definition) is 1. The predicted octanol–water partition coefficient (Wildman–Crippen LogP) is 1.82. The SMILES string of the molecule is CS(=O)(=O)Nc1cc(-c2noc([C@@H]3CCCN3C3CCOCC3)n2)ccn1. The fourth-order valence-electron chi connectivity index (χ4n) is 3.81. The maximum Gasteiger partial charge on any atom is 0.244 e. The summed E-state index contributed by atoms with van der Waals surface area (Å²) in [6, 6.07) is 3.95. The number of ether oxygens (including phenoxy) is 1. The molecule has 0 aliphatic carbocycles. The highest BCUT2D eigenvalue weighted by Gasteiger charge is 2.36. The fourth-order valence-corrected chi connectivity index (χ4v) is 4.30. The van der Waals surface area contributed by atoms with Crippen molar-refractivity contribution >= 4 is 15.8 Å². The summed E-state index contributed by atoms with van der Waals surface area (Å²) in [5, 5.41) is 4.11. The standard InChI is InChI=1S/C17H23N5O4S/c1-27(23,24)21-15-11-12(4-7-18-15)16-19-17(26-20-16)14-3-2-8-22(14)13-5-9-25-10-6-13/h4,7,11,13-14H,2-3,5-6,8-10H2,1H3,(H,18,21)/t14-/m0/s1. The lowest BCUT2D eigenvalue weighted by Crippen LogP contribution is -2.39. The summed E-state index contributed by atoms with van der Waals surface area (Å²) >= 11 is 0. The van der Waals surface area contributed by atoms with Crippen LogP contribution in [-0.2, 0) is 14.8 Å². The molecule has 0 aromatic carbocycles. The molecule has 0 bridgehead atoms. The maximum absolute atomic E-state index is 11.4. The van der Waals surface area contributed by atoms with Crippen LogP contribution in [0.15, 0.2) is 22.9 Å². The van der Waals surface area contributed by atoms with Crippen molar-refractivity contribution in [2.24, 2.45) is 0 Å². The van der Waals surface area contributed by atoms with Gasteiger partial charge in [0.05, 0.1) is 12.3 Å². The molecule has 2 aliphatic heterocycles. The van der Waals surface area contributed by atoms with E-state index in [9.17, 15) is 8.42 Å². The number of likely N-dealkylation sites (tertiary alicyclic amines) is 1. The van der Waals surface area contributed by atoms with Gasteiger partial charge in [0.15, 0.2) is 0 Å². The molecule has 0 saturated carbocycles. The Kier molecular flexibility index (Phi) is 5.11. The minimum atomic E-state index is -3.40. The van der Waals surface area contributed by atoms with E-state index in [1.807, 2.05) is 0 Å². The number of sulfonamides is 1. The third-order valence-corrected chi connectivity index (χ3v) is 5.57. The van der Waals surface area contributed by atoms with Crippen LogP contribution >= 0.6 is 0 Å². The molecule has 2 aliphatic rings. The van der Waals surface area contributed by atoms with E-state index in [0.29, 0.717) is 23.3 Å². The van der Waals surface area contributed by atoms with E-state index in [4.69, 9.17) is 9.26 Å². The summed E-state index contributed by atoms with van der Waals surface area (Å²) in [4.78, 5) is 11.1. The molecule has 2 aromatic rings. The van der Waals surface area contributed by atoms with Crippen LogP contribution in [0.25, 0.3) is 11.4 Å². The molecule has 1 N–H and O–H groups in total. The third-order valence-electron chi connectivity index (χ3n) is 4.99. The van der Waals surface area contributed by atoms with Crippen molar-refractivity contribution in [3.8, 4) is 11.4 Å². The molecule has 2 saturated heterocycles. The van der Waals surface area contributed by atoms with Gasteiger partial charge in [0.25, 0.3) is 0 Å². The minimum absolute atomic E-state index is 0.129. The van der Waals surface area contributed by atoms with Crippen LogP contribution in [0.1, 0.15) is 37.6 Å². The summed E-state index contributed by atoms with van der Waals surface area (Å²) in [5.74, 6) is 1.28. The maximum atomic E-state index is 11.4. The predicted molar refractivity (Wildman–Crippen MR) is 98.5 cm³/mol. The van der Waals surface area contributed by atoms with Crippen LogP contribution < -0.4 is 4.72 Å². The van der Waals surface area contributed by atoms with Crippen molar-refractivity contribution < 1.29 is 17.7 Å². The first kappa shape index (κ1) is 18.3. The van der Waals surface area contributed by atoms with Crippen molar-refractivity contribution in [1.29, 1.82) is 0 Å². The summed E-state index contributed by atoms with van der Waals surface area (Å²) in [7, 11) is -3.40. The monoisotopic (exact) mass is 393 g/mol. The number of nitrogens with zero attached hydrogens (tertiary/aromatic N) is 4. The Balaban J connectivity index is 1.54. The molecule has 0 amide bonds. The lowest BCUT2D eigenvalue weighted by molar-refractivity contribution is 0.0243. The molecule has 4 rings (SSSR count). The first-order valence-electron chi connectivity index (χ1n) is 9.11. The average molecular weight is 393 g/mol. The average Bonchev–Trinajstić information content (AvgIpc) is 3.30. The molecule has 27 heavy (non-hydrogen) atoms. The molecule has 4 heterocycles. The van der Waals surface area contributed by atoms with Crippen LogP contribution in [0, 0.1) is 0 Å². The van der Waals surface area contributed by atoms with Gasteiger partial charge in [-0.15, -0.1) is 0 Å². The molecule has 2 fully saturated rings. The van der Waals surface area contributed by atoms with E-state index in [0.717, 1.165) is 51.7 Å². The van der Waals surface area contributed by atoms with Crippen molar-refractivity contribution in [3.05, 3.63) is 24.2 Å². The normalized spacial score (nSPS) is 22.2. The Morgan fingerprint density at radius 3 is 2.85 bits per heavy atom. The second kappa shape index (κ2) is 7.53. The van der Waals surface area contributed by atoms with E-state index in [2.05, 4.69) is 24.7 Å². The van der Waals surface area contributed by atoms with Gasteiger partial charge in [0.2, 0.25) is 21.7 Å². The fraction of sp³-hybridized carbons (Fsp3) is 0.588. The Hall–Kier alpha value is -2.04. The number of pyridine rings is 1. The highest BCUT2D eigenvalue weighted by atomic mass is 32.2. The van der Waals surface area contributed by atoms with Gasteiger partial charge in [-0.2, -0.15) is 4.98 Å². The molecule has 146 valence electrons. The topological polar surface area (TPSA) is 110 Å². The van der Waals surface area contributed by atoms with E-state index in [-0.39, 0.29) is 11.9 Å². The quantitative estimate of drug-likeness (QED) is 0.819. The molecule has 0 radical (unpaired) electrons. The zero-order chi connectivity index (χ0) is 18.9. The molecule has 10 heteroatoms. The lowest BCUT2D eigenvalue weighted by atomic mass is 10.1. The summed E-state index contributed by atoms with van der Waals surface area (Å²) in [6.07, 6.45) is 6.76. The van der Waals surface area contributed by atoms with Crippen LogP contribution in [0.4, 0.5) is 5.82 Å². The van der Waals surface area contributed by atoms with E-state index < -0.39 is 10.0 Å². The zero-order valence-corrected chi connectivity index (χ0v) is 16.0. The number of rotatable bonds is 5. The van der Waals surface area contributed by atoms with Gasteiger partial charge < -0.3 is 9.26 Å². The molecule has 1 atom stereocenters. The number of aromatic nitrogens is 3. The van der Waals surface area contributed by atoms with Crippen molar-refractivity contribution in [3.63, 3.8) is 0 Å². The smallest absolute Gasteiger partial charge is 0.244 e. The number of nitrogens with one attached hydrogen (secondary N) is 1. The van der Waals surface area contributed by atoms with Crippen molar-refractivity contribution in [1.82, 2.24) is 20.0 Å². The Bertz CT molecular complexity index is 894.